The van der Waals surface area contributed by atoms with E-state index in [1.54, 1.807) is 0 Å². The van der Waals surface area contributed by atoms with Crippen LogP contribution in [0.5, 0.6) is 0 Å². The molecule has 1 fully saturated rings. The fourth-order valence-electron chi connectivity index (χ4n) is 3.07. The fourth-order valence-corrected chi connectivity index (χ4v) is 4.32. The summed E-state index contributed by atoms with van der Waals surface area (Å²) in [7, 11) is 0. The van der Waals surface area contributed by atoms with Gasteiger partial charge in [0.15, 0.2) is 0 Å². The van der Waals surface area contributed by atoms with Crippen molar-refractivity contribution < 1.29 is 0 Å². The van der Waals surface area contributed by atoms with Gasteiger partial charge >= 0.3 is 0 Å². The lowest BCUT2D eigenvalue weighted by molar-refractivity contribution is 0.222. The second-order valence-corrected chi connectivity index (χ2v) is 8.34. The lowest BCUT2D eigenvalue weighted by Crippen LogP contribution is -2.34. The highest BCUT2D eigenvalue weighted by Crippen LogP contribution is 2.31. The molecule has 24 heavy (non-hydrogen) atoms. The van der Waals surface area contributed by atoms with Crippen LogP contribution in [0.3, 0.4) is 0 Å². The molecule has 1 saturated heterocycles. The molecule has 0 amide bonds. The number of hydrogen-bond acceptors (Lipinski definition) is 4. The third-order valence-electron chi connectivity index (χ3n) is 4.46. The van der Waals surface area contributed by atoms with Crippen LogP contribution in [0.4, 0.5) is 0 Å². The SMILES string of the molecule is Cc1cccc(SC2CCN(Cc3ccnc(C(C)C)n3)CC2)c1. The van der Waals surface area contributed by atoms with Crippen molar-refractivity contribution in [2.75, 3.05) is 13.1 Å². The molecule has 2 aromatic rings. The van der Waals surface area contributed by atoms with Gasteiger partial charge in [-0.1, -0.05) is 31.5 Å². The number of rotatable bonds is 5. The number of benzene rings is 1. The first-order valence-corrected chi connectivity index (χ1v) is 9.75. The number of aryl methyl sites for hydroxylation is 1. The summed E-state index contributed by atoms with van der Waals surface area (Å²) in [5, 5.41) is 0.736. The highest BCUT2D eigenvalue weighted by molar-refractivity contribution is 8.00. The Morgan fingerprint density at radius 1 is 1.21 bits per heavy atom. The first kappa shape index (κ1) is 17.4. The average molecular weight is 342 g/mol. The standard InChI is InChI=1S/C20H27N3S/c1-15(2)20-21-10-7-17(22-20)14-23-11-8-18(9-12-23)24-19-6-4-5-16(3)13-19/h4-7,10,13,15,18H,8-9,11-12,14H2,1-3H3. The van der Waals surface area contributed by atoms with E-state index in [2.05, 4.69) is 61.0 Å². The van der Waals surface area contributed by atoms with E-state index in [0.29, 0.717) is 5.92 Å². The van der Waals surface area contributed by atoms with Crippen LogP contribution in [-0.4, -0.2) is 33.2 Å². The molecule has 1 aromatic heterocycles. The van der Waals surface area contributed by atoms with Gasteiger partial charge < -0.3 is 0 Å². The van der Waals surface area contributed by atoms with Crippen molar-refractivity contribution in [2.24, 2.45) is 0 Å². The minimum atomic E-state index is 0.390. The molecule has 3 nitrogen and oxygen atoms in total. The number of aromatic nitrogens is 2. The van der Waals surface area contributed by atoms with Gasteiger partial charge in [-0.05, 0) is 51.1 Å². The quantitative estimate of drug-likeness (QED) is 0.790. The molecule has 0 radical (unpaired) electrons. The Balaban J connectivity index is 1.51. The summed E-state index contributed by atoms with van der Waals surface area (Å²) >= 11 is 2.04. The van der Waals surface area contributed by atoms with E-state index in [1.807, 2.05) is 18.0 Å². The lowest BCUT2D eigenvalue weighted by Gasteiger charge is -2.31. The van der Waals surface area contributed by atoms with Gasteiger partial charge in [-0.15, -0.1) is 11.8 Å². The zero-order valence-electron chi connectivity index (χ0n) is 14.9. The maximum atomic E-state index is 4.70. The summed E-state index contributed by atoms with van der Waals surface area (Å²) in [6.45, 7) is 9.72. The third-order valence-corrected chi connectivity index (χ3v) is 5.79. The summed E-state index contributed by atoms with van der Waals surface area (Å²) in [6.07, 6.45) is 4.40. The van der Waals surface area contributed by atoms with E-state index in [1.165, 1.54) is 23.3 Å². The molecule has 0 saturated carbocycles. The molecule has 0 unspecified atom stereocenters. The summed E-state index contributed by atoms with van der Waals surface area (Å²) in [5.74, 6) is 1.35. The number of likely N-dealkylation sites (tertiary alicyclic amines) is 1. The van der Waals surface area contributed by atoms with Gasteiger partial charge in [-0.25, -0.2) is 9.97 Å². The van der Waals surface area contributed by atoms with Crippen LogP contribution in [0.1, 0.15) is 49.7 Å². The number of thioether (sulfide) groups is 1. The summed E-state index contributed by atoms with van der Waals surface area (Å²) in [4.78, 5) is 13.0. The second kappa shape index (κ2) is 8.13. The molecule has 0 spiro atoms. The Morgan fingerprint density at radius 3 is 2.71 bits per heavy atom. The van der Waals surface area contributed by atoms with Crippen LogP contribution in [0.2, 0.25) is 0 Å². The second-order valence-electron chi connectivity index (χ2n) is 6.97. The molecule has 2 heterocycles. The number of nitrogens with zero attached hydrogens (tertiary/aromatic N) is 3. The molecule has 1 aromatic carbocycles. The van der Waals surface area contributed by atoms with Gasteiger partial charge in [0.05, 0.1) is 5.69 Å². The predicted octanol–water partition coefficient (Wildman–Crippen LogP) is 4.67. The van der Waals surface area contributed by atoms with Crippen molar-refractivity contribution in [3.63, 3.8) is 0 Å². The van der Waals surface area contributed by atoms with E-state index >= 15 is 0 Å². The van der Waals surface area contributed by atoms with Crippen LogP contribution >= 0.6 is 11.8 Å². The summed E-state index contributed by atoms with van der Waals surface area (Å²) in [5.41, 5.74) is 2.50. The van der Waals surface area contributed by atoms with Gasteiger partial charge in [0, 0.05) is 28.8 Å². The molecule has 0 N–H and O–H groups in total. The smallest absolute Gasteiger partial charge is 0.131 e. The van der Waals surface area contributed by atoms with Crippen molar-refractivity contribution in [2.45, 2.75) is 56.2 Å². The van der Waals surface area contributed by atoms with Crippen LogP contribution in [0.25, 0.3) is 0 Å². The monoisotopic (exact) mass is 341 g/mol. The van der Waals surface area contributed by atoms with E-state index in [9.17, 15) is 0 Å². The minimum absolute atomic E-state index is 0.390. The molecular formula is C20H27N3S. The van der Waals surface area contributed by atoms with Gasteiger partial charge in [0.25, 0.3) is 0 Å². The van der Waals surface area contributed by atoms with Crippen LogP contribution in [0, 0.1) is 6.92 Å². The Morgan fingerprint density at radius 2 is 2.00 bits per heavy atom. The van der Waals surface area contributed by atoms with Crippen molar-refractivity contribution in [3.8, 4) is 0 Å². The Labute approximate surface area is 149 Å². The minimum Gasteiger partial charge on any atom is -0.297 e. The van der Waals surface area contributed by atoms with Crippen LogP contribution < -0.4 is 0 Å². The molecule has 128 valence electrons. The molecule has 1 aliphatic heterocycles. The lowest BCUT2D eigenvalue weighted by atomic mass is 10.1. The maximum Gasteiger partial charge on any atom is 0.131 e. The van der Waals surface area contributed by atoms with Gasteiger partial charge in [0.1, 0.15) is 5.82 Å². The largest absolute Gasteiger partial charge is 0.297 e. The van der Waals surface area contributed by atoms with Crippen molar-refractivity contribution in [1.82, 2.24) is 14.9 Å². The van der Waals surface area contributed by atoms with Crippen molar-refractivity contribution >= 4 is 11.8 Å². The van der Waals surface area contributed by atoms with Gasteiger partial charge in [-0.2, -0.15) is 0 Å². The molecule has 0 aliphatic carbocycles. The molecule has 0 bridgehead atoms. The number of hydrogen-bond donors (Lipinski definition) is 0. The summed E-state index contributed by atoms with van der Waals surface area (Å²) < 4.78 is 0. The zero-order chi connectivity index (χ0) is 16.9. The van der Waals surface area contributed by atoms with E-state index in [4.69, 9.17) is 4.98 Å². The Hall–Kier alpha value is -1.39. The first-order chi connectivity index (χ1) is 11.6. The third kappa shape index (κ3) is 4.81. The fraction of sp³-hybridized carbons (Fsp3) is 0.500. The van der Waals surface area contributed by atoms with Crippen molar-refractivity contribution in [3.05, 3.63) is 53.6 Å². The first-order valence-electron chi connectivity index (χ1n) is 8.87. The predicted molar refractivity (Wildman–Crippen MR) is 101 cm³/mol. The topological polar surface area (TPSA) is 29.0 Å². The van der Waals surface area contributed by atoms with E-state index in [0.717, 1.165) is 36.4 Å². The molecule has 1 aliphatic rings. The summed E-state index contributed by atoms with van der Waals surface area (Å²) in [6, 6.07) is 10.9. The normalized spacial score (nSPS) is 16.7. The Bertz CT molecular complexity index is 663. The highest BCUT2D eigenvalue weighted by atomic mass is 32.2. The van der Waals surface area contributed by atoms with Crippen LogP contribution in [0.15, 0.2) is 41.4 Å². The molecule has 4 heteroatoms. The zero-order valence-corrected chi connectivity index (χ0v) is 15.7. The Kier molecular flexibility index (Phi) is 5.90. The maximum absolute atomic E-state index is 4.70. The van der Waals surface area contributed by atoms with Crippen LogP contribution in [-0.2, 0) is 6.54 Å². The van der Waals surface area contributed by atoms with Crippen molar-refractivity contribution in [1.29, 1.82) is 0 Å². The average Bonchev–Trinajstić information content (AvgIpc) is 2.57. The van der Waals surface area contributed by atoms with E-state index in [-0.39, 0.29) is 0 Å². The van der Waals surface area contributed by atoms with Gasteiger partial charge in [0.2, 0.25) is 0 Å². The van der Waals surface area contributed by atoms with Gasteiger partial charge in [-0.3, -0.25) is 4.90 Å². The van der Waals surface area contributed by atoms with E-state index < -0.39 is 0 Å². The molecule has 0 atom stereocenters. The highest BCUT2D eigenvalue weighted by Gasteiger charge is 2.20. The molecular weight excluding hydrogens is 314 g/mol. The molecule has 3 rings (SSSR count). The number of piperidine rings is 1.